The van der Waals surface area contributed by atoms with E-state index >= 15 is 0 Å². The van der Waals surface area contributed by atoms with Crippen LogP contribution in [0.3, 0.4) is 0 Å². The Bertz CT molecular complexity index is 685. The number of nitrogens with one attached hydrogen (secondary N) is 1. The average Bonchev–Trinajstić information content (AvgIpc) is 2.58. The highest BCUT2D eigenvalue weighted by Crippen LogP contribution is 2.41. The predicted octanol–water partition coefficient (Wildman–Crippen LogP) is 4.80. The van der Waals surface area contributed by atoms with Gasteiger partial charge in [-0.1, -0.05) is 30.3 Å². The summed E-state index contributed by atoms with van der Waals surface area (Å²) in [5.74, 6) is 0.149. The number of rotatable bonds is 4. The number of aliphatic hydroxyl groups excluding tert-OH is 1. The molecular formula is C19H20F3NO. The molecule has 2 nitrogen and oxygen atoms in total. The van der Waals surface area contributed by atoms with E-state index in [1.165, 1.54) is 12.1 Å². The summed E-state index contributed by atoms with van der Waals surface area (Å²) in [5.41, 5.74) is 1.96. The summed E-state index contributed by atoms with van der Waals surface area (Å²) < 4.78 is 38.8. The van der Waals surface area contributed by atoms with Gasteiger partial charge in [0.15, 0.2) is 0 Å². The highest BCUT2D eigenvalue weighted by Gasteiger charge is 2.34. The van der Waals surface area contributed by atoms with Gasteiger partial charge in [0.2, 0.25) is 0 Å². The largest absolute Gasteiger partial charge is 0.416 e. The van der Waals surface area contributed by atoms with Crippen molar-refractivity contribution in [1.82, 2.24) is 0 Å². The Morgan fingerprint density at radius 1 is 1.08 bits per heavy atom. The van der Waals surface area contributed by atoms with Crippen LogP contribution in [0.25, 0.3) is 0 Å². The smallest absolute Gasteiger partial charge is 0.396 e. The third kappa shape index (κ3) is 3.56. The van der Waals surface area contributed by atoms with Crippen LogP contribution in [0.1, 0.15) is 35.6 Å². The molecule has 0 saturated heterocycles. The summed E-state index contributed by atoms with van der Waals surface area (Å²) >= 11 is 0. The quantitative estimate of drug-likeness (QED) is 0.841. The van der Waals surface area contributed by atoms with Crippen molar-refractivity contribution in [2.75, 3.05) is 11.9 Å². The summed E-state index contributed by atoms with van der Waals surface area (Å²) in [6.45, 7) is 0.0907. The minimum atomic E-state index is -4.33. The molecule has 1 heterocycles. The maximum absolute atomic E-state index is 12.9. The van der Waals surface area contributed by atoms with Crippen molar-refractivity contribution in [1.29, 1.82) is 0 Å². The number of aliphatic hydroxyl groups is 1. The SMILES string of the molecule is OCCC[C@H]1Cc2cc(C(F)(F)F)ccc2N[C@H]1c1ccccc1. The molecule has 0 aromatic heterocycles. The van der Waals surface area contributed by atoms with E-state index in [0.29, 0.717) is 18.4 Å². The van der Waals surface area contributed by atoms with E-state index in [9.17, 15) is 13.2 Å². The molecule has 0 unspecified atom stereocenters. The zero-order valence-corrected chi connectivity index (χ0v) is 13.2. The minimum absolute atomic E-state index is 0.0435. The molecule has 1 aliphatic heterocycles. The molecule has 2 N–H and O–H groups in total. The van der Waals surface area contributed by atoms with Crippen LogP contribution in [0.2, 0.25) is 0 Å². The second kappa shape index (κ2) is 6.85. The van der Waals surface area contributed by atoms with Gasteiger partial charge in [-0.3, -0.25) is 0 Å². The molecule has 24 heavy (non-hydrogen) atoms. The summed E-state index contributed by atoms with van der Waals surface area (Å²) in [6, 6.07) is 13.9. The lowest BCUT2D eigenvalue weighted by molar-refractivity contribution is -0.137. The number of anilines is 1. The zero-order chi connectivity index (χ0) is 17.2. The van der Waals surface area contributed by atoms with Crippen molar-refractivity contribution < 1.29 is 18.3 Å². The second-order valence-electron chi connectivity index (χ2n) is 6.23. The standard InChI is InChI=1S/C19H20F3NO/c20-19(21,22)16-8-9-17-15(12-16)11-14(7-4-10-24)18(23-17)13-5-2-1-3-6-13/h1-3,5-6,8-9,12,14,18,23-24H,4,7,10-11H2/t14-,18-/m0/s1. The van der Waals surface area contributed by atoms with Gasteiger partial charge in [0.25, 0.3) is 0 Å². The van der Waals surface area contributed by atoms with Crippen molar-refractivity contribution in [2.45, 2.75) is 31.5 Å². The van der Waals surface area contributed by atoms with Crippen molar-refractivity contribution in [3.05, 3.63) is 65.2 Å². The highest BCUT2D eigenvalue weighted by molar-refractivity contribution is 5.57. The van der Waals surface area contributed by atoms with Crippen molar-refractivity contribution in [3.63, 3.8) is 0 Å². The van der Waals surface area contributed by atoms with E-state index in [0.717, 1.165) is 23.7 Å². The molecule has 1 aliphatic rings. The van der Waals surface area contributed by atoms with E-state index in [1.54, 1.807) is 0 Å². The van der Waals surface area contributed by atoms with Crippen LogP contribution in [-0.2, 0) is 12.6 Å². The van der Waals surface area contributed by atoms with E-state index in [2.05, 4.69) is 5.32 Å². The third-order valence-electron chi connectivity index (χ3n) is 4.59. The van der Waals surface area contributed by atoms with Gasteiger partial charge in [-0.2, -0.15) is 13.2 Å². The first-order chi connectivity index (χ1) is 11.5. The Balaban J connectivity index is 1.93. The summed E-state index contributed by atoms with van der Waals surface area (Å²) in [4.78, 5) is 0. The summed E-state index contributed by atoms with van der Waals surface area (Å²) in [5, 5.41) is 12.5. The molecule has 2 aromatic carbocycles. The lowest BCUT2D eigenvalue weighted by atomic mass is 9.80. The molecule has 0 radical (unpaired) electrons. The van der Waals surface area contributed by atoms with Crippen LogP contribution < -0.4 is 5.32 Å². The van der Waals surface area contributed by atoms with E-state index < -0.39 is 11.7 Å². The molecular weight excluding hydrogens is 315 g/mol. The number of hydrogen-bond donors (Lipinski definition) is 2. The van der Waals surface area contributed by atoms with Crippen LogP contribution in [0, 0.1) is 5.92 Å². The Labute approximate surface area is 139 Å². The first kappa shape index (κ1) is 16.8. The lowest BCUT2D eigenvalue weighted by Gasteiger charge is -2.35. The molecule has 128 valence electrons. The fourth-order valence-electron chi connectivity index (χ4n) is 3.40. The number of halogens is 3. The molecule has 2 atom stereocenters. The third-order valence-corrected chi connectivity index (χ3v) is 4.59. The van der Waals surface area contributed by atoms with Crippen LogP contribution in [0.15, 0.2) is 48.5 Å². The first-order valence-electron chi connectivity index (χ1n) is 8.11. The molecule has 2 aromatic rings. The summed E-state index contributed by atoms with van der Waals surface area (Å²) in [6.07, 6.45) is -2.35. The average molecular weight is 335 g/mol. The van der Waals surface area contributed by atoms with Gasteiger partial charge in [-0.05, 0) is 54.5 Å². The van der Waals surface area contributed by atoms with Gasteiger partial charge in [0, 0.05) is 12.3 Å². The molecule has 0 saturated carbocycles. The molecule has 0 spiro atoms. The topological polar surface area (TPSA) is 32.3 Å². The number of benzene rings is 2. The number of hydrogen-bond acceptors (Lipinski definition) is 2. The molecule has 3 rings (SSSR count). The summed E-state index contributed by atoms with van der Waals surface area (Å²) in [7, 11) is 0. The Morgan fingerprint density at radius 2 is 1.83 bits per heavy atom. The first-order valence-corrected chi connectivity index (χ1v) is 8.11. The van der Waals surface area contributed by atoms with Crippen LogP contribution in [0.5, 0.6) is 0 Å². The van der Waals surface area contributed by atoms with E-state index in [-0.39, 0.29) is 18.6 Å². The number of fused-ring (bicyclic) bond motifs is 1. The molecule has 0 bridgehead atoms. The van der Waals surface area contributed by atoms with Gasteiger partial charge in [0.05, 0.1) is 11.6 Å². The van der Waals surface area contributed by atoms with Crippen molar-refractivity contribution in [2.24, 2.45) is 5.92 Å². The van der Waals surface area contributed by atoms with Gasteiger partial charge < -0.3 is 10.4 Å². The predicted molar refractivity (Wildman–Crippen MR) is 87.8 cm³/mol. The van der Waals surface area contributed by atoms with Crippen LogP contribution in [-0.4, -0.2) is 11.7 Å². The second-order valence-corrected chi connectivity index (χ2v) is 6.23. The fourth-order valence-corrected chi connectivity index (χ4v) is 3.40. The van der Waals surface area contributed by atoms with Gasteiger partial charge in [0.1, 0.15) is 0 Å². The van der Waals surface area contributed by atoms with Crippen LogP contribution in [0.4, 0.5) is 18.9 Å². The Kier molecular flexibility index (Phi) is 4.81. The zero-order valence-electron chi connectivity index (χ0n) is 13.2. The molecule has 5 heteroatoms. The van der Waals surface area contributed by atoms with Gasteiger partial charge >= 0.3 is 6.18 Å². The Hall–Kier alpha value is -2.01. The fraction of sp³-hybridized carbons (Fsp3) is 0.368. The van der Waals surface area contributed by atoms with Crippen molar-refractivity contribution >= 4 is 5.69 Å². The van der Waals surface area contributed by atoms with E-state index in [1.807, 2.05) is 30.3 Å². The van der Waals surface area contributed by atoms with E-state index in [4.69, 9.17) is 5.11 Å². The van der Waals surface area contributed by atoms with Gasteiger partial charge in [-0.25, -0.2) is 0 Å². The minimum Gasteiger partial charge on any atom is -0.396 e. The lowest BCUT2D eigenvalue weighted by Crippen LogP contribution is -2.28. The molecule has 0 aliphatic carbocycles. The highest BCUT2D eigenvalue weighted by atomic mass is 19.4. The maximum Gasteiger partial charge on any atom is 0.416 e. The Morgan fingerprint density at radius 3 is 2.50 bits per heavy atom. The normalized spacial score (nSPS) is 20.3. The number of alkyl halides is 3. The van der Waals surface area contributed by atoms with Crippen molar-refractivity contribution in [3.8, 4) is 0 Å². The molecule has 0 fully saturated rings. The molecule has 0 amide bonds. The van der Waals surface area contributed by atoms with Crippen LogP contribution >= 0.6 is 0 Å². The maximum atomic E-state index is 12.9. The van der Waals surface area contributed by atoms with Gasteiger partial charge in [-0.15, -0.1) is 0 Å². The monoisotopic (exact) mass is 335 g/mol.